The van der Waals surface area contributed by atoms with Crippen LogP contribution in [0.3, 0.4) is 0 Å². The van der Waals surface area contributed by atoms with Crippen LogP contribution in [0.25, 0.3) is 0 Å². The summed E-state index contributed by atoms with van der Waals surface area (Å²) in [5.41, 5.74) is -1.10. The van der Waals surface area contributed by atoms with Crippen molar-refractivity contribution in [1.82, 2.24) is 0 Å². The summed E-state index contributed by atoms with van der Waals surface area (Å²) in [7, 11) is 0. The normalized spacial score (nSPS) is 16.4. The van der Waals surface area contributed by atoms with Crippen LogP contribution in [0.1, 0.15) is 28.2 Å². The van der Waals surface area contributed by atoms with Gasteiger partial charge >= 0.3 is 12.4 Å². The molecule has 0 aromatic heterocycles. The number of rotatable bonds is 3. The Morgan fingerprint density at radius 2 is 1.04 bits per heavy atom. The summed E-state index contributed by atoms with van der Waals surface area (Å²) in [6, 6.07) is 9.37. The summed E-state index contributed by atoms with van der Waals surface area (Å²) in [4.78, 5) is 0. The van der Waals surface area contributed by atoms with E-state index in [4.69, 9.17) is 0 Å². The van der Waals surface area contributed by atoms with Gasteiger partial charge in [-0.2, -0.15) is 26.3 Å². The molecule has 1 aliphatic rings. The summed E-state index contributed by atoms with van der Waals surface area (Å²) in [6.45, 7) is 0. The fraction of sp³-hybridized carbons (Fsp3) is 0.150. The monoisotopic (exact) mass is 367 g/mol. The first kappa shape index (κ1) is 18.8. The lowest BCUT2D eigenvalue weighted by Gasteiger charge is -2.25. The molecule has 0 heterocycles. The van der Waals surface area contributed by atoms with Crippen molar-refractivity contribution in [3.63, 3.8) is 0 Å². The molecule has 0 N–H and O–H groups in total. The van der Waals surface area contributed by atoms with Gasteiger partial charge in [-0.05, 0) is 54.9 Å². The van der Waals surface area contributed by atoms with Gasteiger partial charge in [0, 0.05) is 5.92 Å². The molecule has 0 bridgehead atoms. The van der Waals surface area contributed by atoms with Crippen LogP contribution in [0, 0.1) is 31.6 Å². The molecule has 1 fully saturated rings. The van der Waals surface area contributed by atoms with Crippen molar-refractivity contribution in [2.24, 2.45) is 0 Å². The molecule has 26 heavy (non-hydrogen) atoms. The second-order valence-corrected chi connectivity index (χ2v) is 5.90. The third kappa shape index (κ3) is 4.05. The van der Waals surface area contributed by atoms with Crippen LogP contribution in [0.15, 0.2) is 48.5 Å². The molecule has 0 aliphatic heterocycles. The van der Waals surface area contributed by atoms with Crippen molar-refractivity contribution in [3.05, 3.63) is 102 Å². The van der Waals surface area contributed by atoms with E-state index >= 15 is 0 Å². The van der Waals surface area contributed by atoms with Crippen LogP contribution < -0.4 is 0 Å². The van der Waals surface area contributed by atoms with Crippen LogP contribution in [-0.2, 0) is 12.4 Å². The standard InChI is InChI=1S/C20H13F6/c21-19(22,23)16-9-3-7-14(11-16)18(13-5-1-2-6-13)15-8-4-10-17(12-15)20(24,25)26/h1-12,18H. The van der Waals surface area contributed by atoms with Gasteiger partial charge < -0.3 is 0 Å². The largest absolute Gasteiger partial charge is 0.416 e. The summed E-state index contributed by atoms with van der Waals surface area (Å²) >= 11 is 0. The Kier molecular flexibility index (Phi) is 5.04. The summed E-state index contributed by atoms with van der Waals surface area (Å²) in [5.74, 6) is -0.0988. The molecule has 2 aromatic carbocycles. The molecule has 2 aromatic rings. The van der Waals surface area contributed by atoms with Gasteiger partial charge in [-0.1, -0.05) is 36.4 Å². The van der Waals surface area contributed by atoms with Gasteiger partial charge in [0.2, 0.25) is 0 Å². The van der Waals surface area contributed by atoms with Gasteiger partial charge in [0.05, 0.1) is 11.1 Å². The molecule has 6 heteroatoms. The lowest BCUT2D eigenvalue weighted by atomic mass is 9.79. The molecular weight excluding hydrogens is 354 g/mol. The smallest absolute Gasteiger partial charge is 0.166 e. The van der Waals surface area contributed by atoms with Crippen molar-refractivity contribution < 1.29 is 26.3 Å². The highest BCUT2D eigenvalue weighted by Crippen LogP contribution is 2.43. The lowest BCUT2D eigenvalue weighted by molar-refractivity contribution is -0.138. The average molecular weight is 367 g/mol. The van der Waals surface area contributed by atoms with Crippen molar-refractivity contribution in [2.75, 3.05) is 0 Å². The molecule has 135 valence electrons. The molecular formula is C20H13F6. The third-order valence-electron chi connectivity index (χ3n) is 4.12. The Morgan fingerprint density at radius 1 is 0.615 bits per heavy atom. The van der Waals surface area contributed by atoms with E-state index in [0.717, 1.165) is 24.3 Å². The minimum absolute atomic E-state index is 0.283. The molecule has 0 amide bonds. The van der Waals surface area contributed by atoms with Crippen LogP contribution in [0.4, 0.5) is 26.3 Å². The number of alkyl halides is 6. The summed E-state index contributed by atoms with van der Waals surface area (Å²) in [5, 5.41) is 0. The highest BCUT2D eigenvalue weighted by molar-refractivity contribution is 5.51. The average Bonchev–Trinajstić information content (AvgIpc) is 3.08. The molecule has 3 rings (SSSR count). The lowest BCUT2D eigenvalue weighted by Crippen LogP contribution is -2.14. The van der Waals surface area contributed by atoms with Crippen molar-refractivity contribution in [3.8, 4) is 0 Å². The zero-order valence-corrected chi connectivity index (χ0v) is 13.3. The second kappa shape index (κ2) is 6.97. The predicted molar refractivity (Wildman–Crippen MR) is 85.2 cm³/mol. The van der Waals surface area contributed by atoms with Gasteiger partial charge in [-0.15, -0.1) is 0 Å². The van der Waals surface area contributed by atoms with Crippen molar-refractivity contribution >= 4 is 0 Å². The maximum Gasteiger partial charge on any atom is 0.416 e. The highest BCUT2D eigenvalue weighted by Gasteiger charge is 2.35. The first-order valence-corrected chi connectivity index (χ1v) is 7.72. The topological polar surface area (TPSA) is 0 Å². The van der Waals surface area contributed by atoms with Gasteiger partial charge in [0.15, 0.2) is 0 Å². The molecule has 0 atom stereocenters. The number of hydrogen-bond donors (Lipinski definition) is 0. The van der Waals surface area contributed by atoms with Crippen molar-refractivity contribution in [1.29, 1.82) is 0 Å². The van der Waals surface area contributed by atoms with Gasteiger partial charge in [-0.25, -0.2) is 0 Å². The fourth-order valence-electron chi connectivity index (χ4n) is 2.95. The van der Waals surface area contributed by atoms with Gasteiger partial charge in [-0.3, -0.25) is 0 Å². The molecule has 1 aliphatic carbocycles. The third-order valence-corrected chi connectivity index (χ3v) is 4.12. The van der Waals surface area contributed by atoms with E-state index in [-0.39, 0.29) is 11.1 Å². The minimum Gasteiger partial charge on any atom is -0.166 e. The Bertz CT molecular complexity index is 696. The van der Waals surface area contributed by atoms with Gasteiger partial charge in [0.25, 0.3) is 0 Å². The van der Waals surface area contributed by atoms with E-state index in [1.165, 1.54) is 24.3 Å². The Hall–Kier alpha value is -1.98. The van der Waals surface area contributed by atoms with Crippen LogP contribution in [-0.4, -0.2) is 0 Å². The highest BCUT2D eigenvalue weighted by atomic mass is 19.4. The van der Waals surface area contributed by atoms with E-state index < -0.39 is 29.4 Å². The zero-order chi connectivity index (χ0) is 18.9. The van der Waals surface area contributed by atoms with Crippen LogP contribution in [0.5, 0.6) is 0 Å². The van der Waals surface area contributed by atoms with Crippen LogP contribution >= 0.6 is 0 Å². The fourth-order valence-corrected chi connectivity index (χ4v) is 2.95. The van der Waals surface area contributed by atoms with E-state index in [1.54, 1.807) is 25.7 Å². The molecule has 0 saturated heterocycles. The molecule has 1 saturated carbocycles. The Balaban J connectivity index is 2.07. The van der Waals surface area contributed by atoms with Crippen molar-refractivity contribution in [2.45, 2.75) is 18.3 Å². The van der Waals surface area contributed by atoms with E-state index in [1.807, 2.05) is 0 Å². The maximum absolute atomic E-state index is 13.0. The SMILES string of the molecule is FC(F)(F)c1cccc(C([C]2[CH][CH][CH][CH]2)c2cccc(C(F)(F)F)c2)c1. The van der Waals surface area contributed by atoms with E-state index in [0.29, 0.717) is 5.92 Å². The van der Waals surface area contributed by atoms with Crippen LogP contribution in [0.2, 0.25) is 0 Å². The Morgan fingerprint density at radius 3 is 1.42 bits per heavy atom. The van der Waals surface area contributed by atoms with Gasteiger partial charge in [0.1, 0.15) is 0 Å². The Labute approximate surface area is 147 Å². The second-order valence-electron chi connectivity index (χ2n) is 5.90. The molecule has 0 unspecified atom stereocenters. The number of halogens is 6. The predicted octanol–water partition coefficient (Wildman–Crippen LogP) is 6.26. The summed E-state index contributed by atoms with van der Waals surface area (Å²) in [6.07, 6.45) is -2.29. The summed E-state index contributed by atoms with van der Waals surface area (Å²) < 4.78 is 78.3. The quantitative estimate of drug-likeness (QED) is 0.562. The van der Waals surface area contributed by atoms with E-state index in [9.17, 15) is 26.3 Å². The first-order chi connectivity index (χ1) is 12.2. The number of hydrogen-bond acceptors (Lipinski definition) is 0. The first-order valence-electron chi connectivity index (χ1n) is 7.72. The molecule has 0 spiro atoms. The zero-order valence-electron chi connectivity index (χ0n) is 13.3. The van der Waals surface area contributed by atoms with E-state index in [2.05, 4.69) is 0 Å². The molecule has 0 nitrogen and oxygen atoms in total. The molecule has 5 radical (unpaired) electrons. The maximum atomic E-state index is 13.0. The number of benzene rings is 2. The minimum atomic E-state index is -4.53.